The maximum absolute atomic E-state index is 12.6. The van der Waals surface area contributed by atoms with Crippen molar-refractivity contribution in [3.05, 3.63) is 16.3 Å². The van der Waals surface area contributed by atoms with Crippen LogP contribution in [0, 0.1) is 0 Å². The zero-order valence-corrected chi connectivity index (χ0v) is 13.0. The van der Waals surface area contributed by atoms with Gasteiger partial charge >= 0.3 is 5.97 Å². The van der Waals surface area contributed by atoms with Crippen LogP contribution in [-0.4, -0.2) is 36.4 Å². The third-order valence-corrected chi connectivity index (χ3v) is 6.58. The first-order chi connectivity index (χ1) is 9.46. The number of nitrogens with zero attached hydrogens (tertiary/aromatic N) is 1. The lowest BCUT2D eigenvalue weighted by molar-refractivity contribution is 0.0702. The highest BCUT2D eigenvalue weighted by molar-refractivity contribution is 7.89. The Morgan fingerprint density at radius 2 is 2.25 bits per heavy atom. The lowest BCUT2D eigenvalue weighted by Crippen LogP contribution is -2.43. The summed E-state index contributed by atoms with van der Waals surface area (Å²) in [5.74, 6) is -1.08. The Kier molecular flexibility index (Phi) is 4.82. The van der Waals surface area contributed by atoms with Gasteiger partial charge in [0, 0.05) is 18.0 Å². The molecule has 1 N–H and O–H groups in total. The third-order valence-electron chi connectivity index (χ3n) is 3.59. The minimum atomic E-state index is -3.57. The predicted octanol–water partition coefficient (Wildman–Crippen LogP) is 2.79. The molecule has 1 aromatic heterocycles. The maximum atomic E-state index is 12.6. The fraction of sp³-hybridized carbons (Fsp3) is 0.615. The van der Waals surface area contributed by atoms with Gasteiger partial charge in [-0.1, -0.05) is 19.8 Å². The second-order valence-corrected chi connectivity index (χ2v) is 7.81. The highest BCUT2D eigenvalue weighted by Crippen LogP contribution is 2.29. The maximum Gasteiger partial charge on any atom is 0.345 e. The molecule has 1 fully saturated rings. The number of hydrogen-bond acceptors (Lipinski definition) is 4. The molecule has 1 unspecified atom stereocenters. The first kappa shape index (κ1) is 15.5. The lowest BCUT2D eigenvalue weighted by Gasteiger charge is -2.34. The molecule has 0 spiro atoms. The molecule has 0 aromatic carbocycles. The van der Waals surface area contributed by atoms with E-state index in [1.807, 2.05) is 6.92 Å². The molecule has 0 aliphatic carbocycles. The molecule has 1 atom stereocenters. The van der Waals surface area contributed by atoms with E-state index in [0.29, 0.717) is 6.54 Å². The van der Waals surface area contributed by atoms with Crippen molar-refractivity contribution in [3.63, 3.8) is 0 Å². The van der Waals surface area contributed by atoms with Gasteiger partial charge in [-0.3, -0.25) is 0 Å². The van der Waals surface area contributed by atoms with Crippen molar-refractivity contribution in [3.8, 4) is 0 Å². The van der Waals surface area contributed by atoms with Gasteiger partial charge in [-0.15, -0.1) is 11.3 Å². The molecule has 7 heteroatoms. The summed E-state index contributed by atoms with van der Waals surface area (Å²) < 4.78 is 26.9. The Labute approximate surface area is 123 Å². The molecule has 2 heterocycles. The van der Waals surface area contributed by atoms with Crippen LogP contribution in [-0.2, 0) is 10.0 Å². The van der Waals surface area contributed by atoms with Crippen LogP contribution in [0.15, 0.2) is 16.3 Å². The molecule has 0 amide bonds. The molecule has 1 aromatic rings. The van der Waals surface area contributed by atoms with Crippen LogP contribution >= 0.6 is 11.3 Å². The fourth-order valence-electron chi connectivity index (χ4n) is 2.61. The number of aromatic carboxylic acids is 1. The van der Waals surface area contributed by atoms with Crippen LogP contribution in [0.25, 0.3) is 0 Å². The van der Waals surface area contributed by atoms with Crippen molar-refractivity contribution in [2.75, 3.05) is 6.54 Å². The Bertz CT molecular complexity index is 577. The normalized spacial score (nSPS) is 20.9. The molecule has 0 saturated carbocycles. The van der Waals surface area contributed by atoms with E-state index in [-0.39, 0.29) is 15.8 Å². The van der Waals surface area contributed by atoms with Gasteiger partial charge in [0.2, 0.25) is 10.0 Å². The van der Waals surface area contributed by atoms with E-state index < -0.39 is 16.0 Å². The first-order valence-electron chi connectivity index (χ1n) is 6.80. The topological polar surface area (TPSA) is 74.7 Å². The molecular formula is C13H19NO4S2. The smallest absolute Gasteiger partial charge is 0.345 e. The van der Waals surface area contributed by atoms with Crippen LogP contribution < -0.4 is 0 Å². The van der Waals surface area contributed by atoms with Gasteiger partial charge in [0.1, 0.15) is 4.88 Å². The largest absolute Gasteiger partial charge is 0.477 e. The number of carboxylic acids is 1. The van der Waals surface area contributed by atoms with Crippen molar-refractivity contribution in [1.82, 2.24) is 4.31 Å². The van der Waals surface area contributed by atoms with Gasteiger partial charge in [0.05, 0.1) is 4.90 Å². The van der Waals surface area contributed by atoms with E-state index in [9.17, 15) is 13.2 Å². The summed E-state index contributed by atoms with van der Waals surface area (Å²) in [5, 5.41) is 10.3. The molecule has 0 bridgehead atoms. The minimum absolute atomic E-state index is 0.0481. The molecule has 2 rings (SSSR count). The lowest BCUT2D eigenvalue weighted by atomic mass is 10.0. The Morgan fingerprint density at radius 3 is 2.85 bits per heavy atom. The van der Waals surface area contributed by atoms with E-state index >= 15 is 0 Å². The number of sulfonamides is 1. The van der Waals surface area contributed by atoms with E-state index in [4.69, 9.17) is 5.11 Å². The predicted molar refractivity (Wildman–Crippen MR) is 77.7 cm³/mol. The van der Waals surface area contributed by atoms with Gasteiger partial charge in [0.15, 0.2) is 0 Å². The summed E-state index contributed by atoms with van der Waals surface area (Å²) in [6.07, 6.45) is 4.62. The third kappa shape index (κ3) is 3.05. The van der Waals surface area contributed by atoms with Gasteiger partial charge in [0.25, 0.3) is 0 Å². The summed E-state index contributed by atoms with van der Waals surface area (Å²) in [5.41, 5.74) is 0. The van der Waals surface area contributed by atoms with Gasteiger partial charge in [-0.2, -0.15) is 4.31 Å². The van der Waals surface area contributed by atoms with Crippen LogP contribution in [0.1, 0.15) is 48.7 Å². The van der Waals surface area contributed by atoms with Gasteiger partial charge in [-0.25, -0.2) is 13.2 Å². The molecule has 112 valence electrons. The Hall–Kier alpha value is -0.920. The Morgan fingerprint density at radius 1 is 1.50 bits per heavy atom. The second kappa shape index (κ2) is 6.24. The molecule has 0 radical (unpaired) electrons. The van der Waals surface area contributed by atoms with Crippen LogP contribution in [0.3, 0.4) is 0 Å². The average molecular weight is 317 g/mol. The fourth-order valence-corrected chi connectivity index (χ4v) is 5.44. The van der Waals surface area contributed by atoms with Crippen molar-refractivity contribution in [2.45, 2.75) is 50.0 Å². The van der Waals surface area contributed by atoms with Crippen molar-refractivity contribution >= 4 is 27.3 Å². The molecule has 20 heavy (non-hydrogen) atoms. The van der Waals surface area contributed by atoms with Crippen molar-refractivity contribution in [2.24, 2.45) is 0 Å². The van der Waals surface area contributed by atoms with Crippen molar-refractivity contribution < 1.29 is 18.3 Å². The van der Waals surface area contributed by atoms with Crippen molar-refractivity contribution in [1.29, 1.82) is 0 Å². The highest BCUT2D eigenvalue weighted by Gasteiger charge is 2.33. The Balaban J connectivity index is 2.29. The SMILES string of the molecule is CCCC1CCCCN1S(=O)(=O)c1csc(C(=O)O)c1. The number of carboxylic acid groups (broad SMARTS) is 1. The zero-order chi connectivity index (χ0) is 14.8. The molecule has 5 nitrogen and oxygen atoms in total. The first-order valence-corrected chi connectivity index (χ1v) is 9.12. The summed E-state index contributed by atoms with van der Waals surface area (Å²) >= 11 is 0.958. The van der Waals surface area contributed by atoms with Crippen LogP contribution in [0.2, 0.25) is 0 Å². The highest BCUT2D eigenvalue weighted by atomic mass is 32.2. The standard InChI is InChI=1S/C13H19NO4S2/c1-2-5-10-6-3-4-7-14(10)20(17,18)11-8-12(13(15)16)19-9-11/h8-10H,2-7H2,1H3,(H,15,16). The van der Waals surface area contributed by atoms with Crippen LogP contribution in [0.5, 0.6) is 0 Å². The molecular weight excluding hydrogens is 298 g/mol. The molecule has 1 aliphatic heterocycles. The summed E-state index contributed by atoms with van der Waals surface area (Å²) in [6.45, 7) is 2.58. The van der Waals surface area contributed by atoms with Crippen LogP contribution in [0.4, 0.5) is 0 Å². The molecule has 1 saturated heterocycles. The quantitative estimate of drug-likeness (QED) is 0.906. The summed E-state index contributed by atoms with van der Waals surface area (Å²) in [7, 11) is -3.57. The number of piperidine rings is 1. The second-order valence-electron chi connectivity index (χ2n) is 5.01. The molecule has 1 aliphatic rings. The summed E-state index contributed by atoms with van der Waals surface area (Å²) in [6, 6.07) is 1.31. The van der Waals surface area contributed by atoms with E-state index in [1.165, 1.54) is 11.4 Å². The zero-order valence-electron chi connectivity index (χ0n) is 11.4. The van der Waals surface area contributed by atoms with Gasteiger partial charge < -0.3 is 5.11 Å². The average Bonchev–Trinajstić information content (AvgIpc) is 2.90. The number of thiophene rings is 1. The minimum Gasteiger partial charge on any atom is -0.477 e. The van der Waals surface area contributed by atoms with E-state index in [2.05, 4.69) is 0 Å². The number of hydrogen-bond donors (Lipinski definition) is 1. The van der Waals surface area contributed by atoms with Gasteiger partial charge in [-0.05, 0) is 25.3 Å². The number of carbonyl (C=O) groups is 1. The summed E-state index contributed by atoms with van der Waals surface area (Å²) in [4.78, 5) is 11.1. The van der Waals surface area contributed by atoms with E-state index in [1.54, 1.807) is 4.31 Å². The van der Waals surface area contributed by atoms with E-state index in [0.717, 1.165) is 43.4 Å². The monoisotopic (exact) mass is 317 g/mol. The number of rotatable bonds is 5.